The summed E-state index contributed by atoms with van der Waals surface area (Å²) in [6, 6.07) is 6.98. The van der Waals surface area contributed by atoms with E-state index in [1.807, 2.05) is 24.3 Å². The monoisotopic (exact) mass is 295 g/mol. The predicted molar refractivity (Wildman–Crippen MR) is 78.4 cm³/mol. The number of nitrogens with two attached hydrogens (primary N) is 1. The highest BCUT2D eigenvalue weighted by molar-refractivity contribution is 7.92. The minimum Gasteiger partial charge on any atom is -0.492 e. The first-order valence-electron chi connectivity index (χ1n) is 7.30. The lowest BCUT2D eigenvalue weighted by molar-refractivity contribution is 0.268. The maximum Gasteiger partial charge on any atom is 0.161 e. The van der Waals surface area contributed by atoms with Gasteiger partial charge >= 0.3 is 0 Å². The molecule has 1 heterocycles. The van der Waals surface area contributed by atoms with Crippen molar-refractivity contribution >= 4 is 9.84 Å². The normalized spacial score (nSPS) is 27.6. The number of fused-ring (bicyclic) bond motifs is 1. The van der Waals surface area contributed by atoms with Gasteiger partial charge in [0.15, 0.2) is 9.84 Å². The van der Waals surface area contributed by atoms with E-state index in [4.69, 9.17) is 10.5 Å². The molecule has 1 aliphatic heterocycles. The minimum atomic E-state index is -3.23. The van der Waals surface area contributed by atoms with Crippen LogP contribution < -0.4 is 10.5 Å². The second-order valence-corrected chi connectivity index (χ2v) is 8.21. The Hall–Kier alpha value is -1.07. The Kier molecular flexibility index (Phi) is 3.73. The van der Waals surface area contributed by atoms with Crippen LogP contribution in [-0.4, -0.2) is 25.5 Å². The van der Waals surface area contributed by atoms with Gasteiger partial charge in [0, 0.05) is 5.56 Å². The summed E-state index contributed by atoms with van der Waals surface area (Å²) in [5.41, 5.74) is 7.03. The van der Waals surface area contributed by atoms with Gasteiger partial charge in [0.1, 0.15) is 17.6 Å². The van der Waals surface area contributed by atoms with Crippen molar-refractivity contribution in [1.82, 2.24) is 0 Å². The number of sulfone groups is 1. The van der Waals surface area contributed by atoms with Gasteiger partial charge in [0.25, 0.3) is 0 Å². The van der Waals surface area contributed by atoms with E-state index >= 15 is 0 Å². The van der Waals surface area contributed by atoms with Crippen LogP contribution in [0.1, 0.15) is 43.7 Å². The zero-order valence-corrected chi connectivity index (χ0v) is 12.3. The fraction of sp³-hybridized carbons (Fsp3) is 0.600. The highest BCUT2D eigenvalue weighted by Gasteiger charge is 2.42. The molecule has 1 saturated carbocycles. The van der Waals surface area contributed by atoms with E-state index in [0.717, 1.165) is 43.4 Å². The van der Waals surface area contributed by atoms with Crippen LogP contribution in [0.3, 0.4) is 0 Å². The van der Waals surface area contributed by atoms with Crippen molar-refractivity contribution in [3.8, 4) is 5.75 Å². The lowest BCUT2D eigenvalue weighted by Crippen LogP contribution is -2.46. The zero-order valence-electron chi connectivity index (χ0n) is 11.5. The van der Waals surface area contributed by atoms with Crippen molar-refractivity contribution in [3.05, 3.63) is 29.8 Å². The van der Waals surface area contributed by atoms with Gasteiger partial charge in [-0.2, -0.15) is 0 Å². The van der Waals surface area contributed by atoms with Crippen LogP contribution >= 0.6 is 0 Å². The molecule has 4 nitrogen and oxygen atoms in total. The van der Waals surface area contributed by atoms with Crippen LogP contribution in [0.5, 0.6) is 5.75 Å². The second kappa shape index (κ2) is 5.37. The van der Waals surface area contributed by atoms with E-state index < -0.39 is 21.1 Å². The van der Waals surface area contributed by atoms with Crippen LogP contribution in [0.25, 0.3) is 0 Å². The maximum atomic E-state index is 12.8. The molecule has 1 aromatic rings. The lowest BCUT2D eigenvalue weighted by atomic mass is 10.0. The molecule has 2 atom stereocenters. The van der Waals surface area contributed by atoms with E-state index in [1.165, 1.54) is 0 Å². The molecule has 0 aromatic heterocycles. The van der Waals surface area contributed by atoms with Crippen molar-refractivity contribution in [2.45, 2.75) is 48.6 Å². The van der Waals surface area contributed by atoms with Crippen LogP contribution in [0, 0.1) is 0 Å². The molecule has 0 bridgehead atoms. The van der Waals surface area contributed by atoms with Gasteiger partial charge in [-0.25, -0.2) is 8.42 Å². The summed E-state index contributed by atoms with van der Waals surface area (Å²) in [5, 5.41) is -0.846. The summed E-state index contributed by atoms with van der Waals surface area (Å²) >= 11 is 0. The van der Waals surface area contributed by atoms with E-state index in [2.05, 4.69) is 0 Å². The molecule has 0 spiro atoms. The molecular weight excluding hydrogens is 274 g/mol. The molecule has 110 valence electrons. The molecule has 1 aliphatic carbocycles. The van der Waals surface area contributed by atoms with Gasteiger partial charge in [0.2, 0.25) is 0 Å². The standard InChI is InChI=1S/C15H21NO3S/c16-15-12-8-4-5-9-13(12)19-10-14(15)20(17,18)11-6-2-1-3-7-11/h4-5,8-9,11,14-15H,1-3,6-7,10,16H2. The first kappa shape index (κ1) is 13.9. The summed E-state index contributed by atoms with van der Waals surface area (Å²) < 4.78 is 31.2. The van der Waals surface area contributed by atoms with Crippen molar-refractivity contribution in [1.29, 1.82) is 0 Å². The number of rotatable bonds is 2. The Morgan fingerprint density at radius 3 is 2.55 bits per heavy atom. The quantitative estimate of drug-likeness (QED) is 0.908. The number of para-hydroxylation sites is 1. The van der Waals surface area contributed by atoms with Crippen LogP contribution in [0.4, 0.5) is 0 Å². The van der Waals surface area contributed by atoms with Gasteiger partial charge in [-0.3, -0.25) is 0 Å². The average molecular weight is 295 g/mol. The van der Waals surface area contributed by atoms with Gasteiger partial charge in [-0.05, 0) is 18.9 Å². The van der Waals surface area contributed by atoms with Crippen molar-refractivity contribution in [3.63, 3.8) is 0 Å². The van der Waals surface area contributed by atoms with E-state index in [-0.39, 0.29) is 11.9 Å². The van der Waals surface area contributed by atoms with E-state index in [9.17, 15) is 8.42 Å². The van der Waals surface area contributed by atoms with Crippen molar-refractivity contribution in [2.24, 2.45) is 5.73 Å². The first-order valence-corrected chi connectivity index (χ1v) is 8.91. The number of benzene rings is 1. The molecule has 5 heteroatoms. The third-order valence-corrected chi connectivity index (χ3v) is 7.19. The summed E-state index contributed by atoms with van der Waals surface area (Å²) in [6.07, 6.45) is 4.69. The molecule has 2 N–H and O–H groups in total. The Labute approximate surface area is 120 Å². The van der Waals surface area contributed by atoms with Crippen LogP contribution in [0.2, 0.25) is 0 Å². The zero-order chi connectivity index (χ0) is 14.2. The third-order valence-electron chi connectivity index (χ3n) is 4.52. The van der Waals surface area contributed by atoms with Crippen molar-refractivity contribution in [2.75, 3.05) is 6.61 Å². The average Bonchev–Trinajstić information content (AvgIpc) is 2.48. The molecule has 0 saturated heterocycles. The summed E-state index contributed by atoms with van der Waals surface area (Å²) in [4.78, 5) is 0. The van der Waals surface area contributed by atoms with E-state index in [0.29, 0.717) is 0 Å². The maximum absolute atomic E-state index is 12.8. The van der Waals surface area contributed by atoms with Gasteiger partial charge in [-0.1, -0.05) is 37.5 Å². The smallest absolute Gasteiger partial charge is 0.161 e. The summed E-state index contributed by atoms with van der Waals surface area (Å²) in [7, 11) is -3.23. The van der Waals surface area contributed by atoms with Gasteiger partial charge in [0.05, 0.1) is 11.3 Å². The molecule has 1 fully saturated rings. The largest absolute Gasteiger partial charge is 0.492 e. The molecule has 3 rings (SSSR count). The van der Waals surface area contributed by atoms with E-state index in [1.54, 1.807) is 0 Å². The first-order chi connectivity index (χ1) is 9.60. The molecular formula is C15H21NO3S. The van der Waals surface area contributed by atoms with Gasteiger partial charge in [-0.15, -0.1) is 0 Å². The number of hydrogen-bond acceptors (Lipinski definition) is 4. The number of hydrogen-bond donors (Lipinski definition) is 1. The fourth-order valence-electron chi connectivity index (χ4n) is 3.30. The fourth-order valence-corrected chi connectivity index (χ4v) is 5.60. The highest BCUT2D eigenvalue weighted by Crippen LogP contribution is 2.36. The molecule has 0 radical (unpaired) electrons. The molecule has 1 aromatic carbocycles. The molecule has 20 heavy (non-hydrogen) atoms. The Morgan fingerprint density at radius 1 is 1.10 bits per heavy atom. The van der Waals surface area contributed by atoms with Gasteiger partial charge < -0.3 is 10.5 Å². The summed E-state index contributed by atoms with van der Waals surface area (Å²) in [5.74, 6) is 0.718. The molecule has 0 amide bonds. The SMILES string of the molecule is NC1c2ccccc2OCC1S(=O)(=O)C1CCCCC1. The molecule has 2 aliphatic rings. The topological polar surface area (TPSA) is 69.4 Å². The van der Waals surface area contributed by atoms with Crippen molar-refractivity contribution < 1.29 is 13.2 Å². The Balaban J connectivity index is 1.88. The molecule has 2 unspecified atom stereocenters. The number of ether oxygens (including phenoxy) is 1. The summed E-state index contributed by atoms with van der Waals surface area (Å²) in [6.45, 7) is 0.178. The Morgan fingerprint density at radius 2 is 1.80 bits per heavy atom. The van der Waals surface area contributed by atoms with Crippen LogP contribution in [0.15, 0.2) is 24.3 Å². The lowest BCUT2D eigenvalue weighted by Gasteiger charge is -2.34. The minimum absolute atomic E-state index is 0.178. The highest BCUT2D eigenvalue weighted by atomic mass is 32.2. The van der Waals surface area contributed by atoms with Crippen LogP contribution in [-0.2, 0) is 9.84 Å². The second-order valence-electron chi connectivity index (χ2n) is 5.76. The Bertz CT molecular complexity index is 579. The third kappa shape index (κ3) is 2.33. The predicted octanol–water partition coefficient (Wildman–Crippen LogP) is 2.19.